The van der Waals surface area contributed by atoms with Gasteiger partial charge in [0.25, 0.3) is 5.91 Å². The first-order valence-corrected chi connectivity index (χ1v) is 17.2. The Morgan fingerprint density at radius 1 is 1.02 bits per heavy atom. The third-order valence-electron chi connectivity index (χ3n) is 11.4. The van der Waals surface area contributed by atoms with Gasteiger partial charge in [-0.3, -0.25) is 4.79 Å². The fraction of sp³-hybridized carbons (Fsp3) is 0.632. The second-order valence-electron chi connectivity index (χ2n) is 14.1. The highest BCUT2D eigenvalue weighted by atomic mass is 19.1. The number of halogens is 1. The van der Waals surface area contributed by atoms with Crippen LogP contribution in [0.2, 0.25) is 0 Å². The lowest BCUT2D eigenvalue weighted by atomic mass is 9.51. The number of phenols is 1. The molecule has 0 radical (unpaired) electrons. The van der Waals surface area contributed by atoms with E-state index in [-0.39, 0.29) is 28.9 Å². The summed E-state index contributed by atoms with van der Waals surface area (Å²) in [5.74, 6) is 1.04. The van der Waals surface area contributed by atoms with E-state index in [4.69, 9.17) is 5.26 Å². The van der Waals surface area contributed by atoms with Crippen molar-refractivity contribution in [3.63, 3.8) is 0 Å². The zero-order chi connectivity index (χ0) is 31.3. The first-order chi connectivity index (χ1) is 21.3. The van der Waals surface area contributed by atoms with Gasteiger partial charge in [0.05, 0.1) is 17.7 Å². The molecule has 1 amide bonds. The van der Waals surface area contributed by atoms with Gasteiger partial charge in [0.2, 0.25) is 0 Å². The summed E-state index contributed by atoms with van der Waals surface area (Å²) in [6.45, 7) is 5.80. The molecule has 5 rings (SSSR count). The standard InChI is InChI=1S/C38H51FN2O3/c1-3-4-5-9-20-41(37(44)27-14-12-26(25-40)13-15-27)21-10-7-6-8-11-28-22-29-23-30(42)16-17-31(29)36-33(39)24-38(2)32(35(28)36)18-19-34(38)43/h12-17,23,28,32-36,42-43H,3-11,18-22,24H2,1-2H3/t28-,32?,33+,34+,35?,36?,38+/m1/s1. The minimum absolute atomic E-state index is 0.0426. The molecule has 44 heavy (non-hydrogen) atoms. The predicted molar refractivity (Wildman–Crippen MR) is 172 cm³/mol. The van der Waals surface area contributed by atoms with Gasteiger partial charge in [-0.15, -0.1) is 0 Å². The van der Waals surface area contributed by atoms with Crippen molar-refractivity contribution < 1.29 is 19.4 Å². The number of aliphatic hydroxyl groups excluding tert-OH is 1. The monoisotopic (exact) mass is 602 g/mol. The Kier molecular flexibility index (Phi) is 10.7. The SMILES string of the molecule is CCCCCCN(CCCCCC[C@@H]1Cc2cc(O)ccc2C2C1C1CC[C@H](O)[C@@]1(C)C[C@@H]2F)C(=O)c1ccc(C#N)cc1. The number of benzene rings is 2. The summed E-state index contributed by atoms with van der Waals surface area (Å²) < 4.78 is 16.0. The van der Waals surface area contributed by atoms with E-state index in [0.717, 1.165) is 94.8 Å². The molecule has 2 fully saturated rings. The van der Waals surface area contributed by atoms with Crippen LogP contribution in [0, 0.1) is 34.5 Å². The van der Waals surface area contributed by atoms with Crippen LogP contribution in [0.5, 0.6) is 5.75 Å². The number of phenolic OH excluding ortho intramolecular Hbond substituents is 1. The van der Waals surface area contributed by atoms with E-state index in [1.54, 1.807) is 30.3 Å². The summed E-state index contributed by atoms with van der Waals surface area (Å²) in [5, 5.41) is 30.2. The highest BCUT2D eigenvalue weighted by Crippen LogP contribution is 2.63. The normalized spacial score (nSPS) is 28.9. The molecule has 2 N–H and O–H groups in total. The number of alkyl halides is 1. The molecule has 0 heterocycles. The average molecular weight is 603 g/mol. The van der Waals surface area contributed by atoms with Gasteiger partial charge >= 0.3 is 0 Å². The molecule has 0 bridgehead atoms. The zero-order valence-corrected chi connectivity index (χ0v) is 26.7. The van der Waals surface area contributed by atoms with Crippen LogP contribution in [0.15, 0.2) is 42.5 Å². The number of unbranched alkanes of at least 4 members (excludes halogenated alkanes) is 6. The Bertz CT molecular complexity index is 1310. The second-order valence-corrected chi connectivity index (χ2v) is 14.1. The summed E-state index contributed by atoms with van der Waals surface area (Å²) in [7, 11) is 0. The zero-order valence-electron chi connectivity index (χ0n) is 26.7. The number of hydrogen-bond acceptors (Lipinski definition) is 4. The highest BCUT2D eigenvalue weighted by Gasteiger charge is 2.59. The number of amides is 1. The summed E-state index contributed by atoms with van der Waals surface area (Å²) >= 11 is 0. The number of aliphatic hydroxyl groups is 1. The largest absolute Gasteiger partial charge is 0.508 e. The lowest BCUT2D eigenvalue weighted by molar-refractivity contribution is -0.0722. The molecular weight excluding hydrogens is 551 g/mol. The van der Waals surface area contributed by atoms with E-state index in [9.17, 15) is 15.0 Å². The lowest BCUT2D eigenvalue weighted by Gasteiger charge is -2.54. The van der Waals surface area contributed by atoms with Gasteiger partial charge in [-0.2, -0.15) is 5.26 Å². The molecule has 2 aromatic rings. The summed E-state index contributed by atoms with van der Waals surface area (Å²) in [4.78, 5) is 15.3. The fourth-order valence-corrected chi connectivity index (χ4v) is 9.01. The maximum atomic E-state index is 16.0. The molecule has 0 saturated heterocycles. The molecule has 0 aromatic heterocycles. The first-order valence-electron chi connectivity index (χ1n) is 17.2. The van der Waals surface area contributed by atoms with Crippen molar-refractivity contribution in [2.24, 2.45) is 23.2 Å². The Morgan fingerprint density at radius 2 is 1.73 bits per heavy atom. The molecule has 0 aliphatic heterocycles. The van der Waals surface area contributed by atoms with E-state index in [2.05, 4.69) is 19.9 Å². The highest BCUT2D eigenvalue weighted by molar-refractivity contribution is 5.94. The number of fused-ring (bicyclic) bond motifs is 5. The van der Waals surface area contributed by atoms with Crippen molar-refractivity contribution in [3.8, 4) is 11.8 Å². The van der Waals surface area contributed by atoms with Crippen LogP contribution in [0.25, 0.3) is 0 Å². The van der Waals surface area contributed by atoms with Crippen LogP contribution < -0.4 is 0 Å². The average Bonchev–Trinajstić information content (AvgIpc) is 3.32. The summed E-state index contributed by atoms with van der Waals surface area (Å²) in [6, 6.07) is 14.6. The molecule has 7 atom stereocenters. The summed E-state index contributed by atoms with van der Waals surface area (Å²) in [6.07, 6.45) is 11.2. The van der Waals surface area contributed by atoms with Crippen molar-refractivity contribution in [1.29, 1.82) is 5.26 Å². The van der Waals surface area contributed by atoms with Gasteiger partial charge in [-0.1, -0.05) is 58.4 Å². The topological polar surface area (TPSA) is 84.6 Å². The van der Waals surface area contributed by atoms with Crippen molar-refractivity contribution >= 4 is 5.91 Å². The second kappa shape index (κ2) is 14.5. The molecule has 2 saturated carbocycles. The van der Waals surface area contributed by atoms with Crippen LogP contribution in [-0.4, -0.2) is 46.4 Å². The number of aromatic hydroxyl groups is 1. The van der Waals surface area contributed by atoms with E-state index in [1.165, 1.54) is 6.42 Å². The van der Waals surface area contributed by atoms with Crippen LogP contribution in [0.1, 0.15) is 124 Å². The van der Waals surface area contributed by atoms with E-state index in [0.29, 0.717) is 29.4 Å². The number of carbonyl (C=O) groups excluding carboxylic acids is 1. The third-order valence-corrected chi connectivity index (χ3v) is 11.4. The van der Waals surface area contributed by atoms with Crippen molar-refractivity contribution in [2.75, 3.05) is 13.1 Å². The molecule has 3 aliphatic carbocycles. The Balaban J connectivity index is 1.19. The maximum Gasteiger partial charge on any atom is 0.253 e. The predicted octanol–water partition coefficient (Wildman–Crippen LogP) is 8.33. The smallest absolute Gasteiger partial charge is 0.253 e. The van der Waals surface area contributed by atoms with Gasteiger partial charge < -0.3 is 15.1 Å². The van der Waals surface area contributed by atoms with Crippen molar-refractivity contribution in [3.05, 3.63) is 64.7 Å². The fourth-order valence-electron chi connectivity index (χ4n) is 9.01. The minimum atomic E-state index is -0.975. The molecular formula is C38H51FN2O3. The van der Waals surface area contributed by atoms with Crippen molar-refractivity contribution in [1.82, 2.24) is 4.90 Å². The molecule has 3 aliphatic rings. The van der Waals surface area contributed by atoms with E-state index < -0.39 is 12.3 Å². The number of nitrogens with zero attached hydrogens (tertiary/aromatic N) is 2. The van der Waals surface area contributed by atoms with Gasteiger partial charge in [0.15, 0.2) is 0 Å². The lowest BCUT2D eigenvalue weighted by Crippen LogP contribution is -2.51. The maximum absolute atomic E-state index is 16.0. The van der Waals surface area contributed by atoms with E-state index >= 15 is 4.39 Å². The van der Waals surface area contributed by atoms with Crippen LogP contribution in [-0.2, 0) is 6.42 Å². The van der Waals surface area contributed by atoms with Crippen LogP contribution >= 0.6 is 0 Å². The summed E-state index contributed by atoms with van der Waals surface area (Å²) in [5.41, 5.74) is 3.02. The van der Waals surface area contributed by atoms with Crippen molar-refractivity contribution in [2.45, 2.75) is 116 Å². The first kappa shape index (κ1) is 32.5. The van der Waals surface area contributed by atoms with Gasteiger partial charge in [0.1, 0.15) is 11.9 Å². The quantitative estimate of drug-likeness (QED) is 0.226. The Labute approximate surface area is 263 Å². The number of hydrogen-bond donors (Lipinski definition) is 2. The number of carbonyl (C=O) groups is 1. The molecule has 238 valence electrons. The van der Waals surface area contributed by atoms with Gasteiger partial charge in [0, 0.05) is 24.6 Å². The third kappa shape index (κ3) is 6.84. The molecule has 6 heteroatoms. The molecule has 3 unspecified atom stereocenters. The van der Waals surface area contributed by atoms with E-state index in [1.807, 2.05) is 17.0 Å². The van der Waals surface area contributed by atoms with Crippen LogP contribution in [0.4, 0.5) is 4.39 Å². The van der Waals surface area contributed by atoms with Crippen LogP contribution in [0.3, 0.4) is 0 Å². The number of nitriles is 1. The van der Waals surface area contributed by atoms with Gasteiger partial charge in [-0.25, -0.2) is 4.39 Å². The van der Waals surface area contributed by atoms with Gasteiger partial charge in [-0.05, 0) is 116 Å². The molecule has 0 spiro atoms. The Morgan fingerprint density at radius 3 is 2.43 bits per heavy atom. The minimum Gasteiger partial charge on any atom is -0.508 e. The molecule has 2 aromatic carbocycles. The number of rotatable bonds is 13. The molecule has 5 nitrogen and oxygen atoms in total. The Hall–Kier alpha value is -2.91.